The number of anilines is 1. The van der Waals surface area contributed by atoms with Crippen LogP contribution in [0.4, 0.5) is 5.69 Å². The molecule has 1 saturated heterocycles. The van der Waals surface area contributed by atoms with Crippen LogP contribution in [0, 0.1) is 11.8 Å². The number of fused-ring (bicyclic) bond motifs is 1. The Bertz CT molecular complexity index is 1010. The maximum absolute atomic E-state index is 13.2. The van der Waals surface area contributed by atoms with Gasteiger partial charge in [-0.2, -0.15) is 0 Å². The molecule has 4 rings (SSSR count). The Morgan fingerprint density at radius 2 is 1.77 bits per heavy atom. The van der Waals surface area contributed by atoms with Crippen molar-refractivity contribution in [3.8, 4) is 5.75 Å². The van der Waals surface area contributed by atoms with Crippen molar-refractivity contribution in [1.82, 2.24) is 4.90 Å². The first-order chi connectivity index (χ1) is 17.0. The third kappa shape index (κ3) is 6.78. The van der Waals surface area contributed by atoms with E-state index in [0.29, 0.717) is 34.4 Å². The van der Waals surface area contributed by atoms with Crippen LogP contribution >= 0.6 is 11.6 Å². The molecule has 2 aromatic carbocycles. The van der Waals surface area contributed by atoms with Gasteiger partial charge in [-0.05, 0) is 73.6 Å². The number of likely N-dealkylation sites (tertiary alicyclic amines) is 1. The van der Waals surface area contributed by atoms with E-state index in [4.69, 9.17) is 16.3 Å². The molecular formula is C29H37ClN2O3. The molecule has 2 atom stereocenters. The number of benzene rings is 2. The fourth-order valence-corrected chi connectivity index (χ4v) is 5.61. The minimum atomic E-state index is -0.228. The molecule has 1 aliphatic carbocycles. The maximum atomic E-state index is 13.2. The highest BCUT2D eigenvalue weighted by Gasteiger charge is 2.33. The van der Waals surface area contributed by atoms with Crippen LogP contribution in [0.3, 0.4) is 0 Å². The monoisotopic (exact) mass is 496 g/mol. The van der Waals surface area contributed by atoms with E-state index in [1.54, 1.807) is 30.3 Å². The molecule has 2 amide bonds. The van der Waals surface area contributed by atoms with E-state index in [1.807, 2.05) is 17.0 Å². The second-order valence-corrected chi connectivity index (χ2v) is 10.3. The molecule has 2 aliphatic rings. The van der Waals surface area contributed by atoms with E-state index in [1.165, 1.54) is 44.9 Å². The van der Waals surface area contributed by atoms with Gasteiger partial charge in [-0.25, -0.2) is 0 Å². The zero-order valence-corrected chi connectivity index (χ0v) is 21.5. The van der Waals surface area contributed by atoms with Gasteiger partial charge in [-0.3, -0.25) is 9.59 Å². The van der Waals surface area contributed by atoms with E-state index in [9.17, 15) is 9.59 Å². The Morgan fingerprint density at radius 1 is 1.00 bits per heavy atom. The van der Waals surface area contributed by atoms with Gasteiger partial charge in [0.2, 0.25) is 0 Å². The van der Waals surface area contributed by atoms with Gasteiger partial charge < -0.3 is 15.0 Å². The molecule has 6 heteroatoms. The standard InChI is InChI=1S/C29H37ClN2O3/c1-2-3-4-7-18-35-25-13-10-22(11-14-25)28(33)31-24-12-15-26(27(30)19-24)29(34)32-17-16-21-8-5-6-9-23(21)20-32/h10-15,19,21,23H,2-9,16-18,20H2,1H3,(H,31,33)/t21-,23+/m1/s1. The lowest BCUT2D eigenvalue weighted by molar-refractivity contribution is 0.0521. The van der Waals surface area contributed by atoms with E-state index in [0.717, 1.165) is 37.6 Å². The van der Waals surface area contributed by atoms with Crippen molar-refractivity contribution in [2.45, 2.75) is 64.7 Å². The van der Waals surface area contributed by atoms with Crippen molar-refractivity contribution in [3.63, 3.8) is 0 Å². The summed E-state index contributed by atoms with van der Waals surface area (Å²) in [5.74, 6) is 1.92. The number of nitrogens with zero attached hydrogens (tertiary/aromatic N) is 1. The Morgan fingerprint density at radius 3 is 2.51 bits per heavy atom. The molecule has 2 fully saturated rings. The molecule has 1 saturated carbocycles. The molecule has 2 aromatic rings. The molecule has 188 valence electrons. The molecule has 0 bridgehead atoms. The van der Waals surface area contributed by atoms with Crippen molar-refractivity contribution in [3.05, 3.63) is 58.6 Å². The number of carbonyl (C=O) groups is 2. The van der Waals surface area contributed by atoms with Gasteiger partial charge in [0, 0.05) is 24.3 Å². The number of unbranched alkanes of at least 4 members (excludes halogenated alkanes) is 3. The van der Waals surface area contributed by atoms with Gasteiger partial charge >= 0.3 is 0 Å². The van der Waals surface area contributed by atoms with Gasteiger partial charge in [-0.15, -0.1) is 0 Å². The van der Waals surface area contributed by atoms with Crippen LogP contribution in [0.15, 0.2) is 42.5 Å². The van der Waals surface area contributed by atoms with Crippen LogP contribution in [0.1, 0.15) is 85.4 Å². The summed E-state index contributed by atoms with van der Waals surface area (Å²) in [5.41, 5.74) is 1.60. The minimum absolute atomic E-state index is 0.0119. The van der Waals surface area contributed by atoms with Gasteiger partial charge in [0.05, 0.1) is 17.2 Å². The van der Waals surface area contributed by atoms with Crippen LogP contribution < -0.4 is 10.1 Å². The number of hydrogen-bond acceptors (Lipinski definition) is 3. The zero-order chi connectivity index (χ0) is 24.6. The molecule has 1 aliphatic heterocycles. The second-order valence-electron chi connectivity index (χ2n) is 9.93. The largest absolute Gasteiger partial charge is 0.494 e. The molecule has 0 spiro atoms. The summed E-state index contributed by atoms with van der Waals surface area (Å²) < 4.78 is 5.75. The first kappa shape index (κ1) is 25.6. The topological polar surface area (TPSA) is 58.6 Å². The molecule has 0 aromatic heterocycles. The minimum Gasteiger partial charge on any atom is -0.494 e. The number of carbonyl (C=O) groups excluding carboxylic acids is 2. The van der Waals surface area contributed by atoms with E-state index in [2.05, 4.69) is 12.2 Å². The number of nitrogens with one attached hydrogen (secondary N) is 1. The number of piperidine rings is 1. The van der Waals surface area contributed by atoms with Gasteiger partial charge in [0.25, 0.3) is 11.8 Å². The third-order valence-electron chi connectivity index (χ3n) is 7.42. The van der Waals surface area contributed by atoms with Crippen molar-refractivity contribution in [2.24, 2.45) is 11.8 Å². The molecule has 0 radical (unpaired) electrons. The Hall–Kier alpha value is -2.53. The molecule has 1 heterocycles. The number of amides is 2. The highest BCUT2D eigenvalue weighted by Crippen LogP contribution is 2.37. The van der Waals surface area contributed by atoms with Crippen LogP contribution in [0.25, 0.3) is 0 Å². The molecule has 0 unspecified atom stereocenters. The lowest BCUT2D eigenvalue weighted by atomic mass is 9.75. The Kier molecular flexibility index (Phi) is 9.08. The highest BCUT2D eigenvalue weighted by atomic mass is 35.5. The summed E-state index contributed by atoms with van der Waals surface area (Å²) in [6, 6.07) is 12.3. The maximum Gasteiger partial charge on any atom is 0.255 e. The lowest BCUT2D eigenvalue weighted by Crippen LogP contribution is -2.44. The Balaban J connectivity index is 1.31. The first-order valence-electron chi connectivity index (χ1n) is 13.2. The van der Waals surface area contributed by atoms with Crippen molar-refractivity contribution in [2.75, 3.05) is 25.0 Å². The summed E-state index contributed by atoms with van der Waals surface area (Å²) >= 11 is 6.50. The molecule has 35 heavy (non-hydrogen) atoms. The van der Waals surface area contributed by atoms with E-state index in [-0.39, 0.29) is 11.8 Å². The fraction of sp³-hybridized carbons (Fsp3) is 0.517. The fourth-order valence-electron chi connectivity index (χ4n) is 5.35. The highest BCUT2D eigenvalue weighted by molar-refractivity contribution is 6.34. The zero-order valence-electron chi connectivity index (χ0n) is 20.7. The molecule has 5 nitrogen and oxygen atoms in total. The van der Waals surface area contributed by atoms with Crippen molar-refractivity contribution < 1.29 is 14.3 Å². The quantitative estimate of drug-likeness (QED) is 0.373. The summed E-state index contributed by atoms with van der Waals surface area (Å²) in [6.07, 6.45) is 10.8. The number of ether oxygens (including phenoxy) is 1. The second kappa shape index (κ2) is 12.4. The van der Waals surface area contributed by atoms with E-state index >= 15 is 0 Å². The third-order valence-corrected chi connectivity index (χ3v) is 7.73. The average molecular weight is 497 g/mol. The van der Waals surface area contributed by atoms with E-state index < -0.39 is 0 Å². The van der Waals surface area contributed by atoms with Crippen LogP contribution in [0.5, 0.6) is 5.75 Å². The number of hydrogen-bond donors (Lipinski definition) is 1. The van der Waals surface area contributed by atoms with Gasteiger partial charge in [0.15, 0.2) is 0 Å². The summed E-state index contributed by atoms with van der Waals surface area (Å²) in [6.45, 7) is 4.50. The van der Waals surface area contributed by atoms with Gasteiger partial charge in [-0.1, -0.05) is 57.0 Å². The van der Waals surface area contributed by atoms with Crippen LogP contribution in [-0.2, 0) is 0 Å². The summed E-state index contributed by atoms with van der Waals surface area (Å²) in [5, 5.41) is 3.24. The summed E-state index contributed by atoms with van der Waals surface area (Å²) in [4.78, 5) is 27.8. The van der Waals surface area contributed by atoms with Crippen LogP contribution in [-0.4, -0.2) is 36.4 Å². The predicted molar refractivity (Wildman–Crippen MR) is 141 cm³/mol. The van der Waals surface area contributed by atoms with Crippen molar-refractivity contribution in [1.29, 1.82) is 0 Å². The normalized spacial score (nSPS) is 19.7. The molecular weight excluding hydrogens is 460 g/mol. The SMILES string of the molecule is CCCCCCOc1ccc(C(=O)Nc2ccc(C(=O)N3CC[C@H]4CCCC[C@H]4C3)c(Cl)c2)cc1. The number of rotatable bonds is 9. The van der Waals surface area contributed by atoms with Crippen LogP contribution in [0.2, 0.25) is 5.02 Å². The summed E-state index contributed by atoms with van der Waals surface area (Å²) in [7, 11) is 0. The average Bonchev–Trinajstić information content (AvgIpc) is 2.88. The Labute approximate surface area is 214 Å². The smallest absolute Gasteiger partial charge is 0.255 e. The van der Waals surface area contributed by atoms with Crippen molar-refractivity contribution >= 4 is 29.1 Å². The molecule has 1 N–H and O–H groups in total. The predicted octanol–water partition coefficient (Wildman–Crippen LogP) is 7.20. The number of halogens is 1. The lowest BCUT2D eigenvalue weighted by Gasteiger charge is -2.41. The first-order valence-corrected chi connectivity index (χ1v) is 13.6. The van der Waals surface area contributed by atoms with Gasteiger partial charge in [0.1, 0.15) is 5.75 Å².